The van der Waals surface area contributed by atoms with Crippen LogP contribution in [0.5, 0.6) is 5.75 Å². The van der Waals surface area contributed by atoms with Gasteiger partial charge in [0, 0.05) is 17.3 Å². The predicted molar refractivity (Wildman–Crippen MR) is 98.0 cm³/mol. The Hall–Kier alpha value is -2.60. The fraction of sp³-hybridized carbons (Fsp3) is 0.368. The van der Waals surface area contributed by atoms with Crippen LogP contribution in [0.2, 0.25) is 0 Å². The van der Waals surface area contributed by atoms with Crippen molar-refractivity contribution in [3.8, 4) is 5.75 Å². The molecule has 0 amide bonds. The van der Waals surface area contributed by atoms with E-state index < -0.39 is 6.10 Å². The normalized spacial score (nSPS) is 13.8. The van der Waals surface area contributed by atoms with Crippen LogP contribution in [0.4, 0.5) is 5.82 Å². The number of nitrogens with one attached hydrogen (secondary N) is 1. The molecule has 0 saturated heterocycles. The van der Waals surface area contributed by atoms with E-state index >= 15 is 0 Å². The van der Waals surface area contributed by atoms with Crippen LogP contribution in [-0.2, 0) is 6.42 Å². The number of benzene rings is 1. The number of aryl methyl sites for hydroxylation is 3. The fourth-order valence-corrected chi connectivity index (χ4v) is 2.84. The fourth-order valence-electron chi connectivity index (χ4n) is 2.84. The van der Waals surface area contributed by atoms with Crippen molar-refractivity contribution in [2.75, 3.05) is 5.32 Å². The average Bonchev–Trinajstić information content (AvgIpc) is 2.90. The molecule has 2 atom stereocenters. The summed E-state index contributed by atoms with van der Waals surface area (Å²) in [6.07, 6.45) is 0.107. The van der Waals surface area contributed by atoms with E-state index in [1.807, 2.05) is 26.8 Å². The van der Waals surface area contributed by atoms with Gasteiger partial charge in [-0.1, -0.05) is 19.1 Å². The Morgan fingerprint density at radius 3 is 2.52 bits per heavy atom. The maximum absolute atomic E-state index is 10.6. The molecule has 3 N–H and O–H groups in total. The zero-order chi connectivity index (χ0) is 18.1. The van der Waals surface area contributed by atoms with Gasteiger partial charge >= 0.3 is 0 Å². The highest BCUT2D eigenvalue weighted by Crippen LogP contribution is 2.24. The number of phenols is 1. The van der Waals surface area contributed by atoms with Gasteiger partial charge in [-0.2, -0.15) is 9.61 Å². The van der Waals surface area contributed by atoms with Gasteiger partial charge in [0.1, 0.15) is 11.6 Å². The number of phenolic OH excluding ortho intramolecular Hbond substituents is 1. The van der Waals surface area contributed by atoms with Gasteiger partial charge in [0.15, 0.2) is 5.65 Å². The zero-order valence-electron chi connectivity index (χ0n) is 15.0. The Balaban J connectivity index is 1.93. The smallest absolute Gasteiger partial charge is 0.160 e. The maximum atomic E-state index is 10.6. The minimum absolute atomic E-state index is 0.183. The monoisotopic (exact) mass is 340 g/mol. The lowest BCUT2D eigenvalue weighted by Crippen LogP contribution is -2.25. The van der Waals surface area contributed by atoms with Gasteiger partial charge < -0.3 is 15.5 Å². The summed E-state index contributed by atoms with van der Waals surface area (Å²) in [4.78, 5) is 4.66. The molecule has 25 heavy (non-hydrogen) atoms. The summed E-state index contributed by atoms with van der Waals surface area (Å²) in [6, 6.07) is 8.32. The Labute approximate surface area is 147 Å². The van der Waals surface area contributed by atoms with E-state index in [4.69, 9.17) is 0 Å². The highest BCUT2D eigenvalue weighted by atomic mass is 16.3. The summed E-state index contributed by atoms with van der Waals surface area (Å²) in [7, 11) is 0. The molecule has 2 aromatic heterocycles. The van der Waals surface area contributed by atoms with Crippen LogP contribution in [0.3, 0.4) is 0 Å². The lowest BCUT2D eigenvalue weighted by atomic mass is 10.0. The number of aliphatic hydroxyl groups excluding tert-OH is 1. The van der Waals surface area contributed by atoms with Gasteiger partial charge in [0.2, 0.25) is 0 Å². The first kappa shape index (κ1) is 17.2. The number of hydrogen-bond donors (Lipinski definition) is 3. The molecule has 0 aliphatic heterocycles. The van der Waals surface area contributed by atoms with Crippen LogP contribution in [0.1, 0.15) is 42.5 Å². The van der Waals surface area contributed by atoms with Crippen LogP contribution >= 0.6 is 0 Å². The predicted octanol–water partition coefficient (Wildman–Crippen LogP) is 3.15. The average molecular weight is 340 g/mol. The summed E-state index contributed by atoms with van der Waals surface area (Å²) in [5.74, 6) is 0.992. The lowest BCUT2D eigenvalue weighted by molar-refractivity contribution is 0.160. The van der Waals surface area contributed by atoms with Gasteiger partial charge in [0.25, 0.3) is 0 Å². The molecule has 6 heteroatoms. The first-order chi connectivity index (χ1) is 11.9. The van der Waals surface area contributed by atoms with Crippen molar-refractivity contribution in [3.05, 3.63) is 52.8 Å². The lowest BCUT2D eigenvalue weighted by Gasteiger charge is -2.22. The number of hydrogen-bond acceptors (Lipinski definition) is 5. The molecule has 3 aromatic rings. The van der Waals surface area contributed by atoms with Crippen LogP contribution in [0.15, 0.2) is 30.3 Å². The molecule has 0 radical (unpaired) electrons. The molecule has 0 unspecified atom stereocenters. The van der Waals surface area contributed by atoms with E-state index in [2.05, 4.69) is 22.3 Å². The van der Waals surface area contributed by atoms with Crippen LogP contribution in [-0.4, -0.2) is 30.9 Å². The molecule has 0 spiro atoms. The van der Waals surface area contributed by atoms with E-state index in [9.17, 15) is 10.2 Å². The summed E-state index contributed by atoms with van der Waals surface area (Å²) in [6.45, 7) is 7.96. The zero-order valence-corrected chi connectivity index (χ0v) is 15.0. The summed E-state index contributed by atoms with van der Waals surface area (Å²) in [5, 5.41) is 27.9. The number of nitrogens with zero attached hydrogens (tertiary/aromatic N) is 3. The Morgan fingerprint density at radius 1 is 1.20 bits per heavy atom. The van der Waals surface area contributed by atoms with Crippen molar-refractivity contribution in [2.24, 2.45) is 0 Å². The summed E-state index contributed by atoms with van der Waals surface area (Å²) in [5.41, 5.74) is 4.56. The second kappa shape index (κ2) is 6.72. The van der Waals surface area contributed by atoms with Crippen molar-refractivity contribution < 1.29 is 10.2 Å². The molecule has 0 aliphatic carbocycles. The number of rotatable bonds is 5. The Kier molecular flexibility index (Phi) is 4.63. The van der Waals surface area contributed by atoms with Crippen molar-refractivity contribution in [1.82, 2.24) is 14.6 Å². The molecule has 2 heterocycles. The van der Waals surface area contributed by atoms with E-state index in [0.717, 1.165) is 40.4 Å². The molecular formula is C19H24N4O2. The minimum Gasteiger partial charge on any atom is -0.508 e. The third kappa shape index (κ3) is 3.30. The molecule has 0 saturated carbocycles. The number of aromatic nitrogens is 3. The first-order valence-corrected chi connectivity index (χ1v) is 8.50. The van der Waals surface area contributed by atoms with Crippen molar-refractivity contribution in [2.45, 2.75) is 46.3 Å². The van der Waals surface area contributed by atoms with Gasteiger partial charge in [0.05, 0.1) is 17.8 Å². The van der Waals surface area contributed by atoms with E-state index in [1.165, 1.54) is 0 Å². The minimum atomic E-state index is -0.716. The van der Waals surface area contributed by atoms with Crippen molar-refractivity contribution in [3.63, 3.8) is 0 Å². The molecule has 0 fully saturated rings. The quantitative estimate of drug-likeness (QED) is 0.665. The van der Waals surface area contributed by atoms with E-state index in [0.29, 0.717) is 0 Å². The molecular weight excluding hydrogens is 316 g/mol. The van der Waals surface area contributed by atoms with Crippen LogP contribution < -0.4 is 5.32 Å². The van der Waals surface area contributed by atoms with Crippen LogP contribution in [0.25, 0.3) is 5.65 Å². The van der Waals surface area contributed by atoms with Gasteiger partial charge in [-0.3, -0.25) is 0 Å². The van der Waals surface area contributed by atoms with Gasteiger partial charge in [-0.15, -0.1) is 0 Å². The number of aromatic hydroxyl groups is 1. The van der Waals surface area contributed by atoms with Crippen LogP contribution in [0, 0.1) is 13.8 Å². The molecule has 3 rings (SSSR count). The third-order valence-corrected chi connectivity index (χ3v) is 4.56. The molecule has 0 bridgehead atoms. The third-order valence-electron chi connectivity index (χ3n) is 4.56. The second-order valence-electron chi connectivity index (χ2n) is 6.40. The summed E-state index contributed by atoms with van der Waals surface area (Å²) >= 11 is 0. The van der Waals surface area contributed by atoms with E-state index in [1.54, 1.807) is 28.8 Å². The van der Waals surface area contributed by atoms with Crippen molar-refractivity contribution >= 4 is 11.5 Å². The molecule has 132 valence electrons. The number of aliphatic hydroxyl groups is 1. The van der Waals surface area contributed by atoms with Gasteiger partial charge in [-0.25, -0.2) is 4.98 Å². The standard InChI is InChI=1S/C19H24N4O2/c1-5-15-10-17(23-19(21-15)11(2)12(3)22-23)20-13(4)18(25)14-6-8-16(24)9-7-14/h6-10,13,18,20,24-25H,5H2,1-4H3/t13-,18-/m1/s1. The number of fused-ring (bicyclic) bond motifs is 1. The topological polar surface area (TPSA) is 82.7 Å². The molecule has 0 aliphatic rings. The first-order valence-electron chi connectivity index (χ1n) is 8.50. The Morgan fingerprint density at radius 2 is 1.88 bits per heavy atom. The molecule has 1 aromatic carbocycles. The number of anilines is 1. The SMILES string of the molecule is CCc1cc(N[C@H](C)[C@@H](O)c2ccc(O)cc2)n2nc(C)c(C)c2n1. The highest BCUT2D eigenvalue weighted by Gasteiger charge is 2.19. The second-order valence-corrected chi connectivity index (χ2v) is 6.40. The van der Waals surface area contributed by atoms with Gasteiger partial charge in [-0.05, 0) is 44.9 Å². The van der Waals surface area contributed by atoms with E-state index in [-0.39, 0.29) is 11.8 Å². The molecule has 6 nitrogen and oxygen atoms in total. The Bertz CT molecular complexity index is 887. The van der Waals surface area contributed by atoms with Crippen molar-refractivity contribution in [1.29, 1.82) is 0 Å². The highest BCUT2D eigenvalue weighted by molar-refractivity contribution is 5.56. The maximum Gasteiger partial charge on any atom is 0.160 e. The summed E-state index contributed by atoms with van der Waals surface area (Å²) < 4.78 is 1.80. The largest absolute Gasteiger partial charge is 0.508 e.